The number of piperidine rings is 1. The third-order valence-electron chi connectivity index (χ3n) is 4.70. The summed E-state index contributed by atoms with van der Waals surface area (Å²) in [5, 5.41) is 22.7. The third-order valence-corrected chi connectivity index (χ3v) is 5.59. The maximum Gasteiger partial charge on any atom is 0.328 e. The Bertz CT molecular complexity index is 809. The Morgan fingerprint density at radius 2 is 1.83 bits per heavy atom. The molecule has 29 heavy (non-hydrogen) atoms. The molecule has 0 radical (unpaired) electrons. The highest BCUT2D eigenvalue weighted by molar-refractivity contribution is 7.17. The molecule has 3 rings (SSSR count). The molecule has 1 saturated heterocycles. The molecule has 0 spiro atoms. The summed E-state index contributed by atoms with van der Waals surface area (Å²) in [5.41, 5.74) is 1.46. The Kier molecular flexibility index (Phi) is 9.31. The first-order valence-corrected chi connectivity index (χ1v) is 10.8. The molecule has 1 fully saturated rings. The Morgan fingerprint density at radius 3 is 2.41 bits per heavy atom. The average Bonchev–Trinajstić information content (AvgIpc) is 3.14. The number of hydrogen-bond acceptors (Lipinski definition) is 5. The van der Waals surface area contributed by atoms with Crippen LogP contribution in [0.1, 0.15) is 32.3 Å². The van der Waals surface area contributed by atoms with E-state index >= 15 is 0 Å². The van der Waals surface area contributed by atoms with Gasteiger partial charge in [-0.3, -0.25) is 4.90 Å². The summed E-state index contributed by atoms with van der Waals surface area (Å²) in [6.45, 7) is 9.29. The van der Waals surface area contributed by atoms with Crippen LogP contribution in [0.25, 0.3) is 10.1 Å². The second-order valence-corrected chi connectivity index (χ2v) is 8.55. The van der Waals surface area contributed by atoms with Gasteiger partial charge in [0.25, 0.3) is 0 Å². The van der Waals surface area contributed by atoms with Crippen molar-refractivity contribution in [2.24, 2.45) is 5.92 Å². The number of aliphatic carboxylic acids is 2. The van der Waals surface area contributed by atoms with E-state index in [0.29, 0.717) is 12.2 Å². The lowest BCUT2D eigenvalue weighted by atomic mass is 10.0. The van der Waals surface area contributed by atoms with Gasteiger partial charge in [0.15, 0.2) is 0 Å². The lowest BCUT2D eigenvalue weighted by Crippen LogP contribution is -2.44. The average molecular weight is 419 g/mol. The second-order valence-electron chi connectivity index (χ2n) is 7.61. The van der Waals surface area contributed by atoms with Crippen LogP contribution in [0, 0.1) is 5.92 Å². The number of carbonyl (C=O) groups is 2. The van der Waals surface area contributed by atoms with E-state index in [1.165, 1.54) is 48.1 Å². The molecule has 0 aliphatic carbocycles. The number of rotatable bonds is 7. The molecular weight excluding hydrogens is 388 g/mol. The predicted octanol–water partition coefficient (Wildman–Crippen LogP) is 3.82. The van der Waals surface area contributed by atoms with E-state index in [9.17, 15) is 9.59 Å². The van der Waals surface area contributed by atoms with Crippen molar-refractivity contribution in [1.82, 2.24) is 10.2 Å². The fourth-order valence-electron chi connectivity index (χ4n) is 3.48. The summed E-state index contributed by atoms with van der Waals surface area (Å²) >= 11 is 1.83. The molecule has 6 nitrogen and oxygen atoms in total. The van der Waals surface area contributed by atoms with Crippen LogP contribution in [-0.4, -0.2) is 52.7 Å². The standard InChI is InChI=1S/C18H26N2S.C4H4O4/c1-14(2)12-20(17-5-8-19-9-6-17)13-15-3-4-18-16(11-15)7-10-21-18;5-3(6)1-2-4(7)8/h3-4,7,10-11,14,17,19H,5-6,8-9,12-13H2,1-2H3;1-2H,(H,5,6)(H,7,8). The van der Waals surface area contributed by atoms with E-state index < -0.39 is 11.9 Å². The molecule has 0 bridgehead atoms. The highest BCUT2D eigenvalue weighted by atomic mass is 32.1. The molecule has 7 heteroatoms. The number of carboxylic acid groups (broad SMARTS) is 2. The molecule has 158 valence electrons. The molecule has 3 N–H and O–H groups in total. The van der Waals surface area contributed by atoms with E-state index in [1.807, 2.05) is 11.3 Å². The largest absolute Gasteiger partial charge is 0.478 e. The Labute approximate surface area is 175 Å². The first-order valence-electron chi connectivity index (χ1n) is 9.90. The van der Waals surface area contributed by atoms with E-state index in [2.05, 4.69) is 53.7 Å². The fourth-order valence-corrected chi connectivity index (χ4v) is 4.25. The van der Waals surface area contributed by atoms with Crippen molar-refractivity contribution in [3.63, 3.8) is 0 Å². The molecule has 0 saturated carbocycles. The fraction of sp³-hybridized carbons (Fsp3) is 0.455. The zero-order chi connectivity index (χ0) is 21.2. The van der Waals surface area contributed by atoms with Crippen LogP contribution in [0.4, 0.5) is 0 Å². The van der Waals surface area contributed by atoms with Crippen molar-refractivity contribution >= 4 is 33.4 Å². The van der Waals surface area contributed by atoms with Gasteiger partial charge in [-0.2, -0.15) is 0 Å². The quantitative estimate of drug-likeness (QED) is 0.592. The van der Waals surface area contributed by atoms with Crippen LogP contribution >= 0.6 is 11.3 Å². The second kappa shape index (κ2) is 11.7. The van der Waals surface area contributed by atoms with Gasteiger partial charge in [0.1, 0.15) is 0 Å². The van der Waals surface area contributed by atoms with Crippen LogP contribution in [-0.2, 0) is 16.1 Å². The lowest BCUT2D eigenvalue weighted by Gasteiger charge is -2.35. The lowest BCUT2D eigenvalue weighted by molar-refractivity contribution is -0.134. The van der Waals surface area contributed by atoms with Crippen LogP contribution < -0.4 is 5.32 Å². The molecule has 1 aromatic carbocycles. The predicted molar refractivity (Wildman–Crippen MR) is 117 cm³/mol. The molecule has 1 aliphatic heterocycles. The van der Waals surface area contributed by atoms with Crippen molar-refractivity contribution in [2.75, 3.05) is 19.6 Å². The zero-order valence-electron chi connectivity index (χ0n) is 17.0. The number of thiophene rings is 1. The van der Waals surface area contributed by atoms with Crippen molar-refractivity contribution in [2.45, 2.75) is 39.3 Å². The molecule has 1 aliphatic rings. The van der Waals surface area contributed by atoms with Gasteiger partial charge in [-0.25, -0.2) is 9.59 Å². The van der Waals surface area contributed by atoms with Gasteiger partial charge in [-0.15, -0.1) is 11.3 Å². The number of nitrogens with one attached hydrogen (secondary N) is 1. The Morgan fingerprint density at radius 1 is 1.17 bits per heavy atom. The summed E-state index contributed by atoms with van der Waals surface area (Å²) in [4.78, 5) is 21.8. The Hall–Kier alpha value is -2.22. The maximum absolute atomic E-state index is 9.55. The third kappa shape index (κ3) is 8.35. The molecule has 0 unspecified atom stereocenters. The summed E-state index contributed by atoms with van der Waals surface area (Å²) in [7, 11) is 0. The molecule has 1 aromatic heterocycles. The minimum Gasteiger partial charge on any atom is -0.478 e. The van der Waals surface area contributed by atoms with E-state index in [-0.39, 0.29) is 0 Å². The van der Waals surface area contributed by atoms with E-state index in [4.69, 9.17) is 10.2 Å². The van der Waals surface area contributed by atoms with Crippen LogP contribution in [0.2, 0.25) is 0 Å². The summed E-state index contributed by atoms with van der Waals surface area (Å²) in [6.07, 6.45) is 3.69. The smallest absolute Gasteiger partial charge is 0.328 e. The molecule has 2 heterocycles. The van der Waals surface area contributed by atoms with Gasteiger partial charge in [-0.05, 0) is 66.4 Å². The van der Waals surface area contributed by atoms with Crippen molar-refractivity contribution in [3.8, 4) is 0 Å². The SMILES string of the molecule is CC(C)CN(Cc1ccc2sccc2c1)C1CCNCC1.O=C(O)C=CC(=O)O. The monoisotopic (exact) mass is 418 g/mol. The van der Waals surface area contributed by atoms with Crippen LogP contribution in [0.5, 0.6) is 0 Å². The van der Waals surface area contributed by atoms with Crippen molar-refractivity contribution in [3.05, 3.63) is 47.4 Å². The number of nitrogens with zero attached hydrogens (tertiary/aromatic N) is 1. The van der Waals surface area contributed by atoms with Crippen molar-refractivity contribution < 1.29 is 19.8 Å². The topological polar surface area (TPSA) is 89.9 Å². The van der Waals surface area contributed by atoms with Gasteiger partial charge in [0.2, 0.25) is 0 Å². The number of carboxylic acids is 2. The number of benzene rings is 1. The Balaban J connectivity index is 0.000000321. The summed E-state index contributed by atoms with van der Waals surface area (Å²) < 4.78 is 1.40. The number of hydrogen-bond donors (Lipinski definition) is 3. The van der Waals surface area contributed by atoms with E-state index in [1.54, 1.807) is 0 Å². The zero-order valence-corrected chi connectivity index (χ0v) is 17.8. The summed E-state index contributed by atoms with van der Waals surface area (Å²) in [6, 6.07) is 9.95. The summed E-state index contributed by atoms with van der Waals surface area (Å²) in [5.74, 6) is -1.79. The maximum atomic E-state index is 9.55. The van der Waals surface area contributed by atoms with Gasteiger partial charge in [0, 0.05) is 36.0 Å². The van der Waals surface area contributed by atoms with Crippen LogP contribution in [0.3, 0.4) is 0 Å². The van der Waals surface area contributed by atoms with Crippen LogP contribution in [0.15, 0.2) is 41.8 Å². The normalized spacial score (nSPS) is 15.0. The van der Waals surface area contributed by atoms with Gasteiger partial charge in [0.05, 0.1) is 0 Å². The van der Waals surface area contributed by atoms with Gasteiger partial charge >= 0.3 is 11.9 Å². The highest BCUT2D eigenvalue weighted by Crippen LogP contribution is 2.24. The minimum atomic E-state index is -1.26. The van der Waals surface area contributed by atoms with Gasteiger partial charge < -0.3 is 15.5 Å². The molecule has 2 aromatic rings. The number of fused-ring (bicyclic) bond motifs is 1. The van der Waals surface area contributed by atoms with E-state index in [0.717, 1.165) is 18.5 Å². The minimum absolute atomic E-state index is 0.558. The molecule has 0 amide bonds. The first-order chi connectivity index (χ1) is 13.8. The van der Waals surface area contributed by atoms with Gasteiger partial charge in [-0.1, -0.05) is 19.9 Å². The molecular formula is C22H30N2O4S. The van der Waals surface area contributed by atoms with Crippen molar-refractivity contribution in [1.29, 1.82) is 0 Å². The first kappa shape index (κ1) is 23.1. The highest BCUT2D eigenvalue weighted by Gasteiger charge is 2.21. The molecule has 0 atom stereocenters.